The Morgan fingerprint density at radius 1 is 0.967 bits per heavy atom. The van der Waals surface area contributed by atoms with E-state index in [2.05, 4.69) is 10.0 Å². The van der Waals surface area contributed by atoms with Gasteiger partial charge in [-0.1, -0.05) is 31.5 Å². The molecule has 0 saturated carbocycles. The molecule has 0 aromatic heterocycles. The second-order valence-electron chi connectivity index (χ2n) is 7.88. The summed E-state index contributed by atoms with van der Waals surface area (Å²) in [5, 5.41) is 2.75. The van der Waals surface area contributed by atoms with Gasteiger partial charge in [0.25, 0.3) is 15.9 Å². The molecule has 2 rings (SSSR count). The highest BCUT2D eigenvalue weighted by Gasteiger charge is 2.24. The molecule has 0 radical (unpaired) electrons. The van der Waals surface area contributed by atoms with Crippen LogP contribution >= 0.6 is 0 Å². The Kier molecular flexibility index (Phi) is 7.61. The summed E-state index contributed by atoms with van der Waals surface area (Å²) in [4.78, 5) is 26.4. The summed E-state index contributed by atoms with van der Waals surface area (Å²) in [5.41, 5.74) is 1.77. The Labute approximate surface area is 178 Å². The second kappa shape index (κ2) is 9.75. The van der Waals surface area contributed by atoms with Crippen molar-refractivity contribution in [3.05, 3.63) is 59.7 Å². The van der Waals surface area contributed by atoms with Crippen molar-refractivity contribution in [2.75, 3.05) is 18.8 Å². The van der Waals surface area contributed by atoms with Gasteiger partial charge in [0, 0.05) is 25.3 Å². The zero-order chi connectivity index (χ0) is 22.5. The maximum absolute atomic E-state index is 12.6. The largest absolute Gasteiger partial charge is 0.347 e. The number of hydrogen-bond donors (Lipinski definition) is 2. The lowest BCUT2D eigenvalue weighted by molar-refractivity contribution is -0.131. The van der Waals surface area contributed by atoms with Crippen LogP contribution < -0.4 is 10.0 Å². The number of anilines is 1. The molecule has 0 bridgehead atoms. The lowest BCUT2D eigenvalue weighted by Gasteiger charge is -2.23. The summed E-state index contributed by atoms with van der Waals surface area (Å²) in [6.45, 7) is 5.87. The summed E-state index contributed by atoms with van der Waals surface area (Å²) >= 11 is 0. The van der Waals surface area contributed by atoms with E-state index < -0.39 is 22.0 Å². The maximum atomic E-state index is 12.6. The van der Waals surface area contributed by atoms with Gasteiger partial charge in [0.1, 0.15) is 6.04 Å². The Morgan fingerprint density at radius 2 is 1.53 bits per heavy atom. The SMILES string of the molecule is Cc1ccc(NS(=O)(=O)c2ccc(C(=O)N[C@H](CC(C)C)C(=O)N(C)C)cc2)cc1. The Morgan fingerprint density at radius 3 is 2.03 bits per heavy atom. The van der Waals surface area contributed by atoms with Crippen molar-refractivity contribution >= 4 is 27.5 Å². The molecule has 1 atom stereocenters. The first-order valence-electron chi connectivity index (χ1n) is 9.71. The molecule has 30 heavy (non-hydrogen) atoms. The van der Waals surface area contributed by atoms with Crippen molar-refractivity contribution in [3.63, 3.8) is 0 Å². The number of nitrogens with zero attached hydrogens (tertiary/aromatic N) is 1. The first kappa shape index (κ1) is 23.4. The van der Waals surface area contributed by atoms with Gasteiger partial charge in [0.2, 0.25) is 5.91 Å². The third-order valence-electron chi connectivity index (χ3n) is 4.48. The molecule has 0 unspecified atom stereocenters. The molecule has 0 aliphatic rings. The molecule has 0 saturated heterocycles. The number of nitrogens with one attached hydrogen (secondary N) is 2. The molecule has 2 amide bonds. The summed E-state index contributed by atoms with van der Waals surface area (Å²) < 4.78 is 27.7. The van der Waals surface area contributed by atoms with E-state index in [1.54, 1.807) is 26.2 Å². The molecule has 0 fully saturated rings. The molecule has 0 spiro atoms. The lowest BCUT2D eigenvalue weighted by Crippen LogP contribution is -2.46. The van der Waals surface area contributed by atoms with Crippen LogP contribution in [0.25, 0.3) is 0 Å². The van der Waals surface area contributed by atoms with Gasteiger partial charge in [0.05, 0.1) is 4.90 Å². The molecule has 8 heteroatoms. The van der Waals surface area contributed by atoms with Crippen LogP contribution in [-0.2, 0) is 14.8 Å². The van der Waals surface area contributed by atoms with Gasteiger partial charge < -0.3 is 10.2 Å². The van der Waals surface area contributed by atoms with E-state index in [-0.39, 0.29) is 22.3 Å². The van der Waals surface area contributed by atoms with Gasteiger partial charge >= 0.3 is 0 Å². The minimum absolute atomic E-state index is 0.0442. The number of benzene rings is 2. The minimum Gasteiger partial charge on any atom is -0.347 e. The molecule has 0 aliphatic carbocycles. The number of hydrogen-bond acceptors (Lipinski definition) is 4. The van der Waals surface area contributed by atoms with Crippen LogP contribution in [-0.4, -0.2) is 45.3 Å². The maximum Gasteiger partial charge on any atom is 0.261 e. The Balaban J connectivity index is 2.14. The van der Waals surface area contributed by atoms with Crippen LogP contribution in [0.2, 0.25) is 0 Å². The summed E-state index contributed by atoms with van der Waals surface area (Å²) in [6, 6.07) is 12.0. The number of likely N-dealkylation sites (N-methyl/N-ethyl adjacent to an activating group) is 1. The number of carbonyl (C=O) groups excluding carboxylic acids is 2. The van der Waals surface area contributed by atoms with Crippen molar-refractivity contribution in [1.82, 2.24) is 10.2 Å². The number of rotatable bonds is 8. The van der Waals surface area contributed by atoms with E-state index in [0.717, 1.165) is 5.56 Å². The molecular formula is C22H29N3O4S. The third kappa shape index (κ3) is 6.32. The Bertz CT molecular complexity index is 982. The van der Waals surface area contributed by atoms with Gasteiger partial charge in [0.15, 0.2) is 0 Å². The fourth-order valence-corrected chi connectivity index (χ4v) is 3.93. The zero-order valence-corrected chi connectivity index (χ0v) is 18.8. The van der Waals surface area contributed by atoms with Gasteiger partial charge in [-0.3, -0.25) is 14.3 Å². The van der Waals surface area contributed by atoms with Crippen molar-refractivity contribution in [1.29, 1.82) is 0 Å². The predicted octanol–water partition coefficient (Wildman–Crippen LogP) is 3.03. The minimum atomic E-state index is -3.77. The fourth-order valence-electron chi connectivity index (χ4n) is 2.87. The quantitative estimate of drug-likeness (QED) is 0.672. The highest BCUT2D eigenvalue weighted by atomic mass is 32.2. The molecule has 2 aromatic rings. The predicted molar refractivity (Wildman–Crippen MR) is 118 cm³/mol. The van der Waals surface area contributed by atoms with Crippen molar-refractivity contribution in [2.45, 2.75) is 38.1 Å². The van der Waals surface area contributed by atoms with E-state index >= 15 is 0 Å². The summed E-state index contributed by atoms with van der Waals surface area (Å²) in [5.74, 6) is -0.385. The first-order valence-corrected chi connectivity index (χ1v) is 11.2. The molecule has 0 aliphatic heterocycles. The molecule has 162 valence electrons. The van der Waals surface area contributed by atoms with E-state index in [4.69, 9.17) is 0 Å². The summed E-state index contributed by atoms with van der Waals surface area (Å²) in [6.07, 6.45) is 0.510. The number of sulfonamides is 1. The lowest BCUT2D eigenvalue weighted by atomic mass is 10.0. The highest BCUT2D eigenvalue weighted by Crippen LogP contribution is 2.17. The fraction of sp³-hybridized carbons (Fsp3) is 0.364. The van der Waals surface area contributed by atoms with Gasteiger partial charge in [-0.2, -0.15) is 0 Å². The number of aryl methyl sites for hydroxylation is 1. The van der Waals surface area contributed by atoms with Crippen LogP contribution in [0.1, 0.15) is 36.2 Å². The third-order valence-corrected chi connectivity index (χ3v) is 5.88. The van der Waals surface area contributed by atoms with Crippen molar-refractivity contribution in [3.8, 4) is 0 Å². The number of amides is 2. The van der Waals surface area contributed by atoms with Crippen molar-refractivity contribution < 1.29 is 18.0 Å². The smallest absolute Gasteiger partial charge is 0.261 e. The van der Waals surface area contributed by atoms with Crippen LogP contribution in [0.3, 0.4) is 0 Å². The standard InChI is InChI=1S/C22H29N3O4S/c1-15(2)14-20(22(27)25(4)5)23-21(26)17-8-12-19(13-9-17)30(28,29)24-18-10-6-16(3)7-11-18/h6-13,15,20,24H,14H2,1-5H3,(H,23,26)/t20-/m1/s1. The van der Waals surface area contributed by atoms with Crippen LogP contribution in [0.15, 0.2) is 53.4 Å². The van der Waals surface area contributed by atoms with Gasteiger partial charge in [-0.15, -0.1) is 0 Å². The van der Waals surface area contributed by atoms with Crippen LogP contribution in [0.4, 0.5) is 5.69 Å². The van der Waals surface area contributed by atoms with Crippen molar-refractivity contribution in [2.24, 2.45) is 5.92 Å². The van der Waals surface area contributed by atoms with E-state index in [0.29, 0.717) is 12.1 Å². The zero-order valence-electron chi connectivity index (χ0n) is 18.0. The van der Waals surface area contributed by atoms with Crippen LogP contribution in [0.5, 0.6) is 0 Å². The molecule has 2 aromatic carbocycles. The monoisotopic (exact) mass is 431 g/mol. The van der Waals surface area contributed by atoms with Crippen LogP contribution in [0, 0.1) is 12.8 Å². The van der Waals surface area contributed by atoms with Gasteiger partial charge in [-0.25, -0.2) is 8.42 Å². The van der Waals surface area contributed by atoms with Gasteiger partial charge in [-0.05, 0) is 55.7 Å². The first-order chi connectivity index (χ1) is 14.0. The topological polar surface area (TPSA) is 95.6 Å². The molecule has 2 N–H and O–H groups in total. The normalized spacial score (nSPS) is 12.3. The number of carbonyl (C=O) groups is 2. The second-order valence-corrected chi connectivity index (χ2v) is 9.57. The summed E-state index contributed by atoms with van der Waals surface area (Å²) in [7, 11) is -0.492. The van der Waals surface area contributed by atoms with E-state index in [1.807, 2.05) is 32.9 Å². The highest BCUT2D eigenvalue weighted by molar-refractivity contribution is 7.92. The van der Waals surface area contributed by atoms with E-state index in [1.165, 1.54) is 29.2 Å². The molecule has 7 nitrogen and oxygen atoms in total. The molecular weight excluding hydrogens is 402 g/mol. The van der Waals surface area contributed by atoms with E-state index in [9.17, 15) is 18.0 Å². The average Bonchev–Trinajstić information content (AvgIpc) is 2.68. The molecule has 0 heterocycles. The Hall–Kier alpha value is -2.87. The average molecular weight is 432 g/mol.